The number of sulfonamides is 1. The molecular weight excluding hydrogens is 517 g/mol. The van der Waals surface area contributed by atoms with Gasteiger partial charge in [0.1, 0.15) is 5.82 Å². The van der Waals surface area contributed by atoms with Crippen LogP contribution in [0.15, 0.2) is 60.0 Å². The number of nitrogens with one attached hydrogen (secondary N) is 2. The molecule has 0 amide bonds. The van der Waals surface area contributed by atoms with Crippen molar-refractivity contribution in [1.29, 1.82) is 0 Å². The van der Waals surface area contributed by atoms with Gasteiger partial charge in [-0.05, 0) is 74.3 Å². The molecule has 1 unspecified atom stereocenters. The number of hydrogen-bond acceptors (Lipinski definition) is 6. The summed E-state index contributed by atoms with van der Waals surface area (Å²) in [7, 11) is -3.28. The predicted molar refractivity (Wildman–Crippen MR) is 150 cm³/mol. The molecule has 0 bridgehead atoms. The number of aryl methyl sites for hydroxylation is 1. The average Bonchev–Trinajstić information content (AvgIpc) is 3.54. The number of anilines is 1. The number of piperidine rings is 1. The number of rotatable bonds is 7. The summed E-state index contributed by atoms with van der Waals surface area (Å²) in [5.41, 5.74) is 7.03. The van der Waals surface area contributed by atoms with Crippen LogP contribution in [0.1, 0.15) is 56.9 Å². The van der Waals surface area contributed by atoms with E-state index in [4.69, 9.17) is 0 Å². The van der Waals surface area contributed by atoms with Gasteiger partial charge in [-0.15, -0.1) is 0 Å². The van der Waals surface area contributed by atoms with E-state index in [9.17, 15) is 17.9 Å². The molecule has 3 aromatic rings. The molecule has 1 aromatic heterocycles. The van der Waals surface area contributed by atoms with Crippen LogP contribution < -0.4 is 10.4 Å². The third-order valence-electron chi connectivity index (χ3n) is 8.63. The minimum Gasteiger partial charge on any atom is -0.493 e. The maximum atomic E-state index is 13.4. The summed E-state index contributed by atoms with van der Waals surface area (Å²) in [6.45, 7) is 0.997. The Kier molecular flexibility index (Phi) is 7.35. The van der Waals surface area contributed by atoms with Crippen molar-refractivity contribution in [2.45, 2.75) is 69.1 Å². The first-order chi connectivity index (χ1) is 18.9. The van der Waals surface area contributed by atoms with Crippen LogP contribution in [0.3, 0.4) is 0 Å². The van der Waals surface area contributed by atoms with Gasteiger partial charge in [-0.3, -0.25) is 0 Å². The van der Waals surface area contributed by atoms with Crippen LogP contribution in [-0.4, -0.2) is 52.2 Å². The molecular formula is C29H36FN5O3S. The smallest absolute Gasteiger partial charge is 0.225 e. The number of para-hydroxylation sites is 2. The van der Waals surface area contributed by atoms with Crippen molar-refractivity contribution >= 4 is 27.0 Å². The molecule has 2 aromatic carbocycles. The highest BCUT2D eigenvalue weighted by molar-refractivity contribution is 7.89. The SMILES string of the molecule is O=S(=O)(C1CCCCC1)N1CCC(C2NN(c3nc4ccccc4[nH]3)C(O)=C2CCc2ccc(F)cc2)CC1. The molecule has 3 aliphatic rings. The number of benzene rings is 2. The van der Waals surface area contributed by atoms with Crippen molar-refractivity contribution in [1.82, 2.24) is 19.7 Å². The molecule has 39 heavy (non-hydrogen) atoms. The summed E-state index contributed by atoms with van der Waals surface area (Å²) >= 11 is 0. The molecule has 3 N–H and O–H groups in total. The molecule has 1 saturated carbocycles. The van der Waals surface area contributed by atoms with Gasteiger partial charge in [0.2, 0.25) is 21.9 Å². The third kappa shape index (κ3) is 5.29. The zero-order valence-corrected chi connectivity index (χ0v) is 22.8. The molecule has 10 heteroatoms. The molecule has 1 saturated heterocycles. The first-order valence-electron chi connectivity index (χ1n) is 14.1. The number of imidazole rings is 1. The van der Waals surface area contributed by atoms with Gasteiger partial charge in [-0.2, -0.15) is 0 Å². The first-order valence-corrected chi connectivity index (χ1v) is 15.6. The van der Waals surface area contributed by atoms with E-state index in [2.05, 4.69) is 15.4 Å². The molecule has 6 rings (SSSR count). The lowest BCUT2D eigenvalue weighted by atomic mass is 9.85. The van der Waals surface area contributed by atoms with E-state index in [1.807, 2.05) is 24.3 Å². The second kappa shape index (κ2) is 10.9. The summed E-state index contributed by atoms with van der Waals surface area (Å²) in [6.07, 6.45) is 7.31. The fourth-order valence-electron chi connectivity index (χ4n) is 6.39. The van der Waals surface area contributed by atoms with E-state index >= 15 is 0 Å². The summed E-state index contributed by atoms with van der Waals surface area (Å²) in [4.78, 5) is 7.95. The van der Waals surface area contributed by atoms with Crippen molar-refractivity contribution in [2.24, 2.45) is 5.92 Å². The van der Waals surface area contributed by atoms with Crippen LogP contribution in [0, 0.1) is 11.7 Å². The van der Waals surface area contributed by atoms with Crippen molar-refractivity contribution in [3.63, 3.8) is 0 Å². The highest BCUT2D eigenvalue weighted by Crippen LogP contribution is 2.36. The van der Waals surface area contributed by atoms with Crippen LogP contribution >= 0.6 is 0 Å². The number of nitrogens with zero attached hydrogens (tertiary/aromatic N) is 3. The quantitative estimate of drug-likeness (QED) is 0.373. The number of hydrazine groups is 1. The Morgan fingerprint density at radius 3 is 2.38 bits per heavy atom. The van der Waals surface area contributed by atoms with Gasteiger partial charge >= 0.3 is 0 Å². The van der Waals surface area contributed by atoms with Gasteiger partial charge in [0.05, 0.1) is 22.3 Å². The number of aliphatic hydroxyl groups is 1. The highest BCUT2D eigenvalue weighted by Gasteiger charge is 2.42. The predicted octanol–water partition coefficient (Wildman–Crippen LogP) is 5.17. The molecule has 1 atom stereocenters. The van der Waals surface area contributed by atoms with Crippen LogP contribution in [0.5, 0.6) is 0 Å². The summed E-state index contributed by atoms with van der Waals surface area (Å²) in [5, 5.41) is 12.8. The van der Waals surface area contributed by atoms with Gasteiger partial charge in [-0.1, -0.05) is 43.5 Å². The van der Waals surface area contributed by atoms with Crippen molar-refractivity contribution in [3.8, 4) is 0 Å². The zero-order valence-electron chi connectivity index (χ0n) is 22.0. The standard InChI is InChI=1S/C29H36FN5O3S/c30-22-13-10-20(11-14-22)12-15-24-27(33-35(28(24)36)29-31-25-8-4-5-9-26(25)32-29)21-16-18-34(19-17-21)39(37,38)23-6-2-1-3-7-23/h4-5,8-11,13-14,21,23,27,33,36H,1-3,6-7,12,15-19H2,(H,31,32). The number of hydrogen-bond donors (Lipinski definition) is 3. The minimum atomic E-state index is -3.28. The topological polar surface area (TPSA) is 102 Å². The fraction of sp³-hybridized carbons (Fsp3) is 0.483. The number of aromatic amines is 1. The van der Waals surface area contributed by atoms with E-state index in [1.54, 1.807) is 21.4 Å². The number of aromatic nitrogens is 2. The Labute approximate surface area is 228 Å². The molecule has 8 nitrogen and oxygen atoms in total. The molecule has 1 aliphatic carbocycles. The van der Waals surface area contributed by atoms with Crippen LogP contribution in [0.25, 0.3) is 11.0 Å². The lowest BCUT2D eigenvalue weighted by Crippen LogP contribution is -2.49. The van der Waals surface area contributed by atoms with E-state index in [-0.39, 0.29) is 28.9 Å². The largest absolute Gasteiger partial charge is 0.493 e. The average molecular weight is 554 g/mol. The lowest BCUT2D eigenvalue weighted by molar-refractivity contribution is 0.238. The molecule has 2 aliphatic heterocycles. The van der Waals surface area contributed by atoms with Crippen molar-refractivity contribution in [3.05, 3.63) is 71.4 Å². The number of halogens is 1. The lowest BCUT2D eigenvalue weighted by Gasteiger charge is -2.37. The fourth-order valence-corrected chi connectivity index (χ4v) is 8.46. The summed E-state index contributed by atoms with van der Waals surface area (Å²) in [5.74, 6) is 0.515. The molecule has 2 fully saturated rings. The third-order valence-corrected chi connectivity index (χ3v) is 11.0. The van der Waals surface area contributed by atoms with E-state index in [0.29, 0.717) is 44.7 Å². The van der Waals surface area contributed by atoms with E-state index < -0.39 is 10.0 Å². The van der Waals surface area contributed by atoms with Crippen molar-refractivity contribution < 1.29 is 17.9 Å². The Morgan fingerprint density at radius 2 is 1.67 bits per heavy atom. The second-order valence-electron chi connectivity index (χ2n) is 11.0. The molecule has 0 radical (unpaired) electrons. The molecule has 3 heterocycles. The Balaban J connectivity index is 1.21. The summed E-state index contributed by atoms with van der Waals surface area (Å²) < 4.78 is 41.7. The number of aliphatic hydroxyl groups excluding tert-OH is 1. The van der Waals surface area contributed by atoms with Gasteiger partial charge in [0.25, 0.3) is 0 Å². The van der Waals surface area contributed by atoms with Gasteiger partial charge in [0, 0.05) is 18.7 Å². The Hall–Kier alpha value is -2.95. The van der Waals surface area contributed by atoms with E-state index in [0.717, 1.165) is 54.3 Å². The first kappa shape index (κ1) is 26.3. The van der Waals surface area contributed by atoms with Crippen molar-refractivity contribution in [2.75, 3.05) is 18.1 Å². The minimum absolute atomic E-state index is 0.124. The van der Waals surface area contributed by atoms with Gasteiger partial charge in [0.15, 0.2) is 0 Å². The van der Waals surface area contributed by atoms with Gasteiger partial charge in [-0.25, -0.2) is 32.5 Å². The molecule has 0 spiro atoms. The van der Waals surface area contributed by atoms with E-state index in [1.165, 1.54) is 12.1 Å². The van der Waals surface area contributed by atoms with Crippen LogP contribution in [-0.2, 0) is 16.4 Å². The monoisotopic (exact) mass is 553 g/mol. The normalized spacial score (nSPS) is 22.3. The molecule has 208 valence electrons. The van der Waals surface area contributed by atoms with Gasteiger partial charge < -0.3 is 10.1 Å². The Morgan fingerprint density at radius 1 is 0.949 bits per heavy atom. The zero-order chi connectivity index (χ0) is 27.0. The van der Waals surface area contributed by atoms with Crippen LogP contribution in [0.4, 0.5) is 10.3 Å². The highest BCUT2D eigenvalue weighted by atomic mass is 32.2. The van der Waals surface area contributed by atoms with Crippen LogP contribution in [0.2, 0.25) is 0 Å². The number of fused-ring (bicyclic) bond motifs is 1. The maximum Gasteiger partial charge on any atom is 0.225 e. The Bertz CT molecular complexity index is 1410. The second-order valence-corrected chi connectivity index (χ2v) is 13.2. The maximum absolute atomic E-state index is 13.4. The summed E-state index contributed by atoms with van der Waals surface area (Å²) in [6, 6.07) is 14.0. The number of H-pyrrole nitrogens is 1.